The predicted molar refractivity (Wildman–Crippen MR) is 75.1 cm³/mol. The molecule has 0 saturated heterocycles. The summed E-state index contributed by atoms with van der Waals surface area (Å²) in [6.45, 7) is 1.46. The quantitative estimate of drug-likeness (QED) is 0.846. The molecule has 5 nitrogen and oxygen atoms in total. The third kappa shape index (κ3) is 3.87. The highest BCUT2D eigenvalue weighted by atomic mass is 35.5. The van der Waals surface area contributed by atoms with E-state index in [-0.39, 0.29) is 22.6 Å². The van der Waals surface area contributed by atoms with Crippen molar-refractivity contribution in [2.45, 2.75) is 19.8 Å². The van der Waals surface area contributed by atoms with Gasteiger partial charge in [-0.2, -0.15) is 0 Å². The third-order valence-corrected chi connectivity index (χ3v) is 3.59. The lowest BCUT2D eigenvalue weighted by atomic mass is 10.1. The predicted octanol–water partition coefficient (Wildman–Crippen LogP) is 2.79. The zero-order chi connectivity index (χ0) is 14.7. The fourth-order valence-corrected chi connectivity index (χ4v) is 2.14. The highest BCUT2D eigenvalue weighted by molar-refractivity contribution is 6.32. The van der Waals surface area contributed by atoms with Crippen molar-refractivity contribution < 1.29 is 19.4 Å². The number of hydrogen-bond acceptors (Lipinski definition) is 3. The SMILES string of the molecule is C[C@H](C(=O)Nc1ccc(OCC(=O)O)c(Cl)c1)C1CC1. The maximum Gasteiger partial charge on any atom is 0.341 e. The van der Waals surface area contributed by atoms with E-state index >= 15 is 0 Å². The number of hydrogen-bond donors (Lipinski definition) is 2. The van der Waals surface area contributed by atoms with Gasteiger partial charge in [0, 0.05) is 11.6 Å². The summed E-state index contributed by atoms with van der Waals surface area (Å²) in [6, 6.07) is 4.74. The number of carbonyl (C=O) groups excluding carboxylic acids is 1. The molecule has 1 aliphatic carbocycles. The van der Waals surface area contributed by atoms with E-state index in [4.69, 9.17) is 21.4 Å². The van der Waals surface area contributed by atoms with Crippen molar-refractivity contribution in [3.63, 3.8) is 0 Å². The van der Waals surface area contributed by atoms with Crippen LogP contribution in [0.25, 0.3) is 0 Å². The number of carbonyl (C=O) groups is 2. The van der Waals surface area contributed by atoms with Gasteiger partial charge in [0.25, 0.3) is 0 Å². The Bertz CT molecular complexity index is 528. The Kier molecular flexibility index (Phi) is 4.49. The van der Waals surface area contributed by atoms with E-state index in [9.17, 15) is 9.59 Å². The molecule has 0 aromatic heterocycles. The number of carboxylic acid groups (broad SMARTS) is 1. The van der Waals surface area contributed by atoms with Gasteiger partial charge in [-0.1, -0.05) is 18.5 Å². The third-order valence-electron chi connectivity index (χ3n) is 3.29. The van der Waals surface area contributed by atoms with Crippen LogP contribution in [0, 0.1) is 11.8 Å². The fourth-order valence-electron chi connectivity index (χ4n) is 1.90. The Labute approximate surface area is 121 Å². The van der Waals surface area contributed by atoms with Crippen LogP contribution in [0.1, 0.15) is 19.8 Å². The van der Waals surface area contributed by atoms with Crippen LogP contribution in [0.5, 0.6) is 5.75 Å². The molecule has 108 valence electrons. The van der Waals surface area contributed by atoms with Crippen molar-refractivity contribution in [2.75, 3.05) is 11.9 Å². The van der Waals surface area contributed by atoms with Crippen molar-refractivity contribution in [2.24, 2.45) is 11.8 Å². The summed E-state index contributed by atoms with van der Waals surface area (Å²) < 4.78 is 5.01. The number of rotatable bonds is 6. The molecule has 0 radical (unpaired) electrons. The standard InChI is InChI=1S/C14H16ClNO4/c1-8(9-2-3-9)14(19)16-10-4-5-12(11(15)6-10)20-7-13(17)18/h4-6,8-9H,2-3,7H2,1H3,(H,16,19)(H,17,18)/t8-/m0/s1. The Morgan fingerprint density at radius 2 is 2.20 bits per heavy atom. The van der Waals surface area contributed by atoms with Crippen LogP contribution < -0.4 is 10.1 Å². The minimum Gasteiger partial charge on any atom is -0.480 e. The van der Waals surface area contributed by atoms with Gasteiger partial charge in [0.05, 0.1) is 5.02 Å². The van der Waals surface area contributed by atoms with Crippen molar-refractivity contribution in [1.82, 2.24) is 0 Å². The topological polar surface area (TPSA) is 75.6 Å². The number of nitrogens with one attached hydrogen (secondary N) is 1. The number of amides is 1. The zero-order valence-electron chi connectivity index (χ0n) is 11.1. The van der Waals surface area contributed by atoms with Gasteiger partial charge in [-0.15, -0.1) is 0 Å². The zero-order valence-corrected chi connectivity index (χ0v) is 11.8. The number of anilines is 1. The monoisotopic (exact) mass is 297 g/mol. The van der Waals surface area contributed by atoms with Crippen molar-refractivity contribution >= 4 is 29.2 Å². The summed E-state index contributed by atoms with van der Waals surface area (Å²) in [5.41, 5.74) is 0.579. The van der Waals surface area contributed by atoms with Crippen LogP contribution >= 0.6 is 11.6 Å². The average Bonchev–Trinajstić information content (AvgIpc) is 3.20. The molecule has 6 heteroatoms. The van der Waals surface area contributed by atoms with Crippen LogP contribution in [0.2, 0.25) is 5.02 Å². The van der Waals surface area contributed by atoms with Crippen LogP contribution in [0.3, 0.4) is 0 Å². The first-order valence-corrected chi connectivity index (χ1v) is 6.80. The molecule has 0 spiro atoms. The van der Waals surface area contributed by atoms with Crippen molar-refractivity contribution in [3.05, 3.63) is 23.2 Å². The summed E-state index contributed by atoms with van der Waals surface area (Å²) in [7, 11) is 0. The summed E-state index contributed by atoms with van der Waals surface area (Å²) >= 11 is 5.98. The molecule has 1 fully saturated rings. The molecule has 1 amide bonds. The lowest BCUT2D eigenvalue weighted by molar-refractivity contribution is -0.139. The van der Waals surface area contributed by atoms with Crippen LogP contribution in [0.15, 0.2) is 18.2 Å². The molecule has 1 atom stereocenters. The van der Waals surface area contributed by atoms with E-state index in [0.29, 0.717) is 11.6 Å². The normalized spacial score (nSPS) is 15.5. The van der Waals surface area contributed by atoms with Gasteiger partial charge in [0.1, 0.15) is 5.75 Å². The largest absolute Gasteiger partial charge is 0.480 e. The van der Waals surface area contributed by atoms with Crippen LogP contribution in [-0.4, -0.2) is 23.6 Å². The average molecular weight is 298 g/mol. The molecule has 1 aliphatic rings. The Morgan fingerprint density at radius 1 is 1.50 bits per heavy atom. The van der Waals surface area contributed by atoms with E-state index in [1.54, 1.807) is 18.2 Å². The molecule has 20 heavy (non-hydrogen) atoms. The first kappa shape index (κ1) is 14.7. The minimum absolute atomic E-state index is 0.00304. The lowest BCUT2D eigenvalue weighted by Gasteiger charge is -2.12. The lowest BCUT2D eigenvalue weighted by Crippen LogP contribution is -2.21. The van der Waals surface area contributed by atoms with E-state index in [2.05, 4.69) is 5.32 Å². The molecule has 0 aliphatic heterocycles. The van der Waals surface area contributed by atoms with Crippen LogP contribution in [0.4, 0.5) is 5.69 Å². The number of aliphatic carboxylic acids is 1. The van der Waals surface area contributed by atoms with Gasteiger partial charge >= 0.3 is 5.97 Å². The highest BCUT2D eigenvalue weighted by Crippen LogP contribution is 2.37. The Balaban J connectivity index is 1.97. The number of halogens is 1. The van der Waals surface area contributed by atoms with Gasteiger partial charge in [-0.3, -0.25) is 4.79 Å². The summed E-state index contributed by atoms with van der Waals surface area (Å²) in [6.07, 6.45) is 2.22. The Hall–Kier alpha value is -1.75. The minimum atomic E-state index is -1.07. The summed E-state index contributed by atoms with van der Waals surface area (Å²) in [5.74, 6) is -0.331. The van der Waals surface area contributed by atoms with Crippen molar-refractivity contribution in [1.29, 1.82) is 0 Å². The van der Waals surface area contributed by atoms with E-state index in [1.165, 1.54) is 0 Å². The smallest absolute Gasteiger partial charge is 0.341 e. The molecular weight excluding hydrogens is 282 g/mol. The molecular formula is C14H16ClNO4. The molecule has 0 unspecified atom stereocenters. The molecule has 1 aromatic carbocycles. The van der Waals surface area contributed by atoms with Gasteiger partial charge in [-0.25, -0.2) is 4.79 Å². The van der Waals surface area contributed by atoms with Gasteiger partial charge < -0.3 is 15.2 Å². The van der Waals surface area contributed by atoms with Crippen molar-refractivity contribution in [3.8, 4) is 5.75 Å². The van der Waals surface area contributed by atoms with Gasteiger partial charge in [-0.05, 0) is 37.0 Å². The molecule has 0 bridgehead atoms. The highest BCUT2D eigenvalue weighted by Gasteiger charge is 2.32. The molecule has 2 N–H and O–H groups in total. The number of carboxylic acids is 1. The maximum atomic E-state index is 11.9. The number of ether oxygens (including phenoxy) is 1. The summed E-state index contributed by atoms with van der Waals surface area (Å²) in [4.78, 5) is 22.4. The first-order valence-electron chi connectivity index (χ1n) is 6.42. The number of benzene rings is 1. The van der Waals surface area contributed by atoms with Crippen LogP contribution in [-0.2, 0) is 9.59 Å². The maximum absolute atomic E-state index is 11.9. The van der Waals surface area contributed by atoms with E-state index in [1.807, 2.05) is 6.92 Å². The molecule has 1 aromatic rings. The van der Waals surface area contributed by atoms with E-state index in [0.717, 1.165) is 12.8 Å². The second-order valence-corrected chi connectivity index (χ2v) is 5.35. The molecule has 1 saturated carbocycles. The second kappa shape index (κ2) is 6.13. The van der Waals surface area contributed by atoms with E-state index < -0.39 is 12.6 Å². The van der Waals surface area contributed by atoms with Gasteiger partial charge in [0.15, 0.2) is 6.61 Å². The van der Waals surface area contributed by atoms with Gasteiger partial charge in [0.2, 0.25) is 5.91 Å². The second-order valence-electron chi connectivity index (χ2n) is 4.94. The Morgan fingerprint density at radius 3 is 2.75 bits per heavy atom. The molecule has 2 rings (SSSR count). The first-order chi connectivity index (χ1) is 9.47. The molecule has 0 heterocycles. The fraction of sp³-hybridized carbons (Fsp3) is 0.429. The summed E-state index contributed by atoms with van der Waals surface area (Å²) in [5, 5.41) is 11.6.